The van der Waals surface area contributed by atoms with Crippen LogP contribution in [0.25, 0.3) is 0 Å². The van der Waals surface area contributed by atoms with Crippen LogP contribution < -0.4 is 11.0 Å². The highest BCUT2D eigenvalue weighted by molar-refractivity contribution is 6.35. The van der Waals surface area contributed by atoms with E-state index >= 15 is 0 Å². The lowest BCUT2D eigenvalue weighted by molar-refractivity contribution is -0.147. The van der Waals surface area contributed by atoms with Crippen molar-refractivity contribution < 1.29 is 9.59 Å². The Kier molecular flexibility index (Phi) is 4.51. The first-order valence-corrected chi connectivity index (χ1v) is 9.28. The zero-order valence-electron chi connectivity index (χ0n) is 14.9. The van der Waals surface area contributed by atoms with Gasteiger partial charge in [0.25, 0.3) is 0 Å². The van der Waals surface area contributed by atoms with Crippen LogP contribution in [-0.2, 0) is 29.7 Å². The van der Waals surface area contributed by atoms with Crippen molar-refractivity contribution in [2.24, 2.45) is 7.05 Å². The van der Waals surface area contributed by atoms with Crippen molar-refractivity contribution in [1.29, 1.82) is 0 Å². The summed E-state index contributed by atoms with van der Waals surface area (Å²) in [5, 5.41) is 7.63. The first-order valence-electron chi connectivity index (χ1n) is 8.90. The molecule has 4 rings (SSSR count). The molecule has 9 heteroatoms. The highest BCUT2D eigenvalue weighted by Gasteiger charge is 2.34. The van der Waals surface area contributed by atoms with Crippen LogP contribution in [0.15, 0.2) is 29.1 Å². The smallest absolute Gasteiger partial charge is 0.345 e. The summed E-state index contributed by atoms with van der Waals surface area (Å²) >= 11 is 5.90. The molecule has 0 saturated heterocycles. The van der Waals surface area contributed by atoms with Crippen molar-refractivity contribution in [3.63, 3.8) is 0 Å². The van der Waals surface area contributed by atoms with Crippen molar-refractivity contribution in [2.75, 3.05) is 6.54 Å². The number of benzene rings is 1. The summed E-state index contributed by atoms with van der Waals surface area (Å²) in [7, 11) is 1.57. The van der Waals surface area contributed by atoms with E-state index in [1.807, 2.05) is 24.3 Å². The van der Waals surface area contributed by atoms with Gasteiger partial charge in [-0.1, -0.05) is 23.7 Å². The molecule has 0 spiro atoms. The molecule has 0 bridgehead atoms. The van der Waals surface area contributed by atoms with E-state index in [0.29, 0.717) is 29.9 Å². The maximum absolute atomic E-state index is 12.4. The van der Waals surface area contributed by atoms with Gasteiger partial charge in [-0.3, -0.25) is 14.2 Å². The summed E-state index contributed by atoms with van der Waals surface area (Å²) in [4.78, 5) is 38.0. The van der Waals surface area contributed by atoms with Gasteiger partial charge in [0.2, 0.25) is 0 Å². The summed E-state index contributed by atoms with van der Waals surface area (Å²) < 4.78 is 2.78. The van der Waals surface area contributed by atoms with Crippen molar-refractivity contribution >= 4 is 23.4 Å². The third-order valence-electron chi connectivity index (χ3n) is 5.31. The van der Waals surface area contributed by atoms with Crippen LogP contribution in [-0.4, -0.2) is 43.6 Å². The Bertz CT molecular complexity index is 943. The lowest BCUT2D eigenvalue weighted by Crippen LogP contribution is -2.51. The predicted octanol–water partition coefficient (Wildman–Crippen LogP) is 0.640. The van der Waals surface area contributed by atoms with E-state index in [2.05, 4.69) is 10.4 Å². The number of fused-ring (bicyclic) bond motifs is 1. The van der Waals surface area contributed by atoms with E-state index in [0.717, 1.165) is 12.8 Å². The van der Waals surface area contributed by atoms with Crippen LogP contribution in [0.2, 0.25) is 5.02 Å². The van der Waals surface area contributed by atoms with Gasteiger partial charge in [-0.2, -0.15) is 5.10 Å². The second kappa shape index (κ2) is 6.84. The molecule has 1 saturated carbocycles. The fraction of sp³-hybridized carbons (Fsp3) is 0.444. The number of nitrogens with zero attached hydrogens (tertiary/aromatic N) is 4. The maximum atomic E-state index is 12.4. The fourth-order valence-corrected chi connectivity index (χ4v) is 3.80. The molecule has 1 aliphatic heterocycles. The minimum absolute atomic E-state index is 0.0000469. The van der Waals surface area contributed by atoms with E-state index in [9.17, 15) is 14.4 Å². The molecule has 1 aromatic carbocycles. The van der Waals surface area contributed by atoms with Gasteiger partial charge in [0.1, 0.15) is 0 Å². The fourth-order valence-electron chi connectivity index (χ4n) is 3.67. The van der Waals surface area contributed by atoms with Gasteiger partial charge < -0.3 is 10.2 Å². The standard InChI is InChI=1S/C18H20ClN5O3/c1-22-18(27)24-7-6-23(10-15(24)21-22)17(26)16(25)20-14-8-12(9-14)11-2-4-13(19)5-3-11/h2-5,12,14H,6-10H2,1H3,(H,20,25). The highest BCUT2D eigenvalue weighted by Crippen LogP contribution is 2.37. The third kappa shape index (κ3) is 3.37. The molecule has 2 aromatic rings. The minimum Gasteiger partial charge on any atom is -0.345 e. The predicted molar refractivity (Wildman–Crippen MR) is 98.2 cm³/mol. The number of carbonyl (C=O) groups is 2. The number of carbonyl (C=O) groups excluding carboxylic acids is 2. The van der Waals surface area contributed by atoms with Crippen LogP contribution in [0.4, 0.5) is 0 Å². The van der Waals surface area contributed by atoms with E-state index in [-0.39, 0.29) is 18.3 Å². The normalized spacial score (nSPS) is 21.3. The first-order chi connectivity index (χ1) is 12.9. The molecule has 27 heavy (non-hydrogen) atoms. The molecule has 2 aliphatic rings. The van der Waals surface area contributed by atoms with Crippen molar-refractivity contribution in [3.8, 4) is 0 Å². The van der Waals surface area contributed by atoms with Crippen molar-refractivity contribution in [1.82, 2.24) is 24.6 Å². The molecular weight excluding hydrogens is 370 g/mol. The number of aromatic nitrogens is 3. The van der Waals surface area contributed by atoms with Crippen molar-refractivity contribution in [3.05, 3.63) is 51.2 Å². The van der Waals surface area contributed by atoms with Gasteiger partial charge in [0.15, 0.2) is 5.82 Å². The lowest BCUT2D eigenvalue weighted by atomic mass is 9.76. The Morgan fingerprint density at radius 2 is 1.89 bits per heavy atom. The van der Waals surface area contributed by atoms with E-state index in [4.69, 9.17) is 11.6 Å². The summed E-state index contributed by atoms with van der Waals surface area (Å²) in [5.74, 6) is -0.294. The highest BCUT2D eigenvalue weighted by atomic mass is 35.5. The maximum Gasteiger partial charge on any atom is 0.345 e. The number of hydrogen-bond acceptors (Lipinski definition) is 4. The monoisotopic (exact) mass is 389 g/mol. The Hall–Kier alpha value is -2.61. The zero-order chi connectivity index (χ0) is 19.1. The van der Waals surface area contributed by atoms with Crippen LogP contribution in [0, 0.1) is 0 Å². The van der Waals surface area contributed by atoms with Gasteiger partial charge in [0, 0.05) is 31.2 Å². The van der Waals surface area contributed by atoms with Crippen LogP contribution in [0.5, 0.6) is 0 Å². The summed E-state index contributed by atoms with van der Waals surface area (Å²) in [5.41, 5.74) is 0.990. The molecule has 2 heterocycles. The summed E-state index contributed by atoms with van der Waals surface area (Å²) in [6.45, 7) is 0.840. The number of hydrogen-bond donors (Lipinski definition) is 1. The Balaban J connectivity index is 1.31. The van der Waals surface area contributed by atoms with E-state index in [1.54, 1.807) is 7.05 Å². The average molecular weight is 390 g/mol. The van der Waals surface area contributed by atoms with Crippen LogP contribution >= 0.6 is 11.6 Å². The number of aryl methyl sites for hydroxylation is 1. The topological polar surface area (TPSA) is 89.2 Å². The van der Waals surface area contributed by atoms with Gasteiger partial charge in [-0.05, 0) is 36.5 Å². The molecule has 1 aromatic heterocycles. The number of nitrogens with one attached hydrogen (secondary N) is 1. The van der Waals surface area contributed by atoms with Gasteiger partial charge in [0.05, 0.1) is 6.54 Å². The molecule has 1 aliphatic carbocycles. The molecule has 142 valence electrons. The summed E-state index contributed by atoms with van der Waals surface area (Å²) in [6.07, 6.45) is 1.61. The molecular formula is C18H20ClN5O3. The second-order valence-corrected chi connectivity index (χ2v) is 7.53. The average Bonchev–Trinajstić information content (AvgIpc) is 2.91. The SMILES string of the molecule is Cn1nc2n(c1=O)CCN(C(=O)C(=O)NC1CC(c3ccc(Cl)cc3)C1)C2. The van der Waals surface area contributed by atoms with E-state index in [1.165, 1.54) is 19.7 Å². The van der Waals surface area contributed by atoms with E-state index < -0.39 is 11.8 Å². The molecule has 2 amide bonds. The largest absolute Gasteiger partial charge is 0.345 e. The van der Waals surface area contributed by atoms with Crippen LogP contribution in [0.3, 0.4) is 0 Å². The van der Waals surface area contributed by atoms with Gasteiger partial charge >= 0.3 is 17.5 Å². The summed E-state index contributed by atoms with van der Waals surface area (Å²) in [6, 6.07) is 7.71. The lowest BCUT2D eigenvalue weighted by Gasteiger charge is -2.36. The zero-order valence-corrected chi connectivity index (χ0v) is 15.6. The van der Waals surface area contributed by atoms with Crippen LogP contribution in [0.1, 0.15) is 30.1 Å². The Morgan fingerprint density at radius 1 is 1.19 bits per heavy atom. The second-order valence-electron chi connectivity index (χ2n) is 7.09. The number of halogens is 1. The minimum atomic E-state index is -0.596. The molecule has 1 N–H and O–H groups in total. The molecule has 1 fully saturated rings. The number of amides is 2. The first kappa shape index (κ1) is 17.8. The quantitative estimate of drug-likeness (QED) is 0.763. The Morgan fingerprint density at radius 3 is 2.59 bits per heavy atom. The Labute approximate surface area is 160 Å². The third-order valence-corrected chi connectivity index (χ3v) is 5.56. The van der Waals surface area contributed by atoms with Gasteiger partial charge in [-0.15, -0.1) is 0 Å². The number of rotatable bonds is 2. The molecule has 0 atom stereocenters. The molecule has 8 nitrogen and oxygen atoms in total. The van der Waals surface area contributed by atoms with Gasteiger partial charge in [-0.25, -0.2) is 9.48 Å². The molecule has 0 radical (unpaired) electrons. The van der Waals surface area contributed by atoms with Crippen molar-refractivity contribution in [2.45, 2.75) is 37.9 Å². The molecule has 0 unspecified atom stereocenters.